The van der Waals surface area contributed by atoms with Gasteiger partial charge in [-0.25, -0.2) is 0 Å². The smallest absolute Gasteiger partial charge is 0.316 e. The van der Waals surface area contributed by atoms with Crippen molar-refractivity contribution in [1.29, 1.82) is 0 Å². The number of carbonyl (C=O) groups excluding carboxylic acids is 3. The third kappa shape index (κ3) is 8.02. The predicted molar refractivity (Wildman–Crippen MR) is 111 cm³/mol. The molecule has 0 unspecified atom stereocenters. The Labute approximate surface area is 173 Å². The first-order valence-corrected chi connectivity index (χ1v) is 10.1. The van der Waals surface area contributed by atoms with Gasteiger partial charge in [-0.3, -0.25) is 14.4 Å². The Morgan fingerprint density at radius 2 is 1.71 bits per heavy atom. The lowest BCUT2D eigenvalue weighted by atomic mass is 10.2. The maximum atomic E-state index is 11.8. The van der Waals surface area contributed by atoms with Gasteiger partial charge in [-0.15, -0.1) is 11.8 Å². The summed E-state index contributed by atoms with van der Waals surface area (Å²) in [5.41, 5.74) is 2.58. The molecule has 0 bridgehead atoms. The SMILES string of the molecule is Cc1ccc(NC(=O)CSCC(=O)OCC(=O)NCc2ccccc2Cl)cc1. The molecule has 0 aromatic heterocycles. The second-order valence-corrected chi connectivity index (χ2v) is 7.33. The second kappa shape index (κ2) is 11.4. The van der Waals surface area contributed by atoms with Gasteiger partial charge < -0.3 is 15.4 Å². The summed E-state index contributed by atoms with van der Waals surface area (Å²) >= 11 is 7.12. The van der Waals surface area contributed by atoms with Gasteiger partial charge in [0.2, 0.25) is 5.91 Å². The van der Waals surface area contributed by atoms with Crippen LogP contribution in [-0.4, -0.2) is 35.9 Å². The van der Waals surface area contributed by atoms with Crippen LogP contribution in [0.1, 0.15) is 11.1 Å². The van der Waals surface area contributed by atoms with Crippen molar-refractivity contribution in [2.75, 3.05) is 23.4 Å². The molecule has 6 nitrogen and oxygen atoms in total. The highest BCUT2D eigenvalue weighted by Gasteiger charge is 2.10. The number of halogens is 1. The van der Waals surface area contributed by atoms with E-state index >= 15 is 0 Å². The van der Waals surface area contributed by atoms with Crippen LogP contribution in [0.4, 0.5) is 5.69 Å². The average Bonchev–Trinajstić information content (AvgIpc) is 2.67. The van der Waals surface area contributed by atoms with Crippen molar-refractivity contribution >= 4 is 46.8 Å². The number of ether oxygens (including phenoxy) is 1. The van der Waals surface area contributed by atoms with E-state index in [9.17, 15) is 14.4 Å². The number of amides is 2. The van der Waals surface area contributed by atoms with Crippen molar-refractivity contribution in [1.82, 2.24) is 5.32 Å². The lowest BCUT2D eigenvalue weighted by Crippen LogP contribution is -2.29. The molecule has 148 valence electrons. The maximum Gasteiger partial charge on any atom is 0.316 e. The molecular weight excluding hydrogens is 400 g/mol. The summed E-state index contributed by atoms with van der Waals surface area (Å²) < 4.78 is 4.90. The number of aryl methyl sites for hydroxylation is 1. The van der Waals surface area contributed by atoms with Gasteiger partial charge >= 0.3 is 5.97 Å². The Morgan fingerprint density at radius 3 is 2.43 bits per heavy atom. The molecule has 0 fully saturated rings. The van der Waals surface area contributed by atoms with Crippen molar-refractivity contribution in [3.8, 4) is 0 Å². The van der Waals surface area contributed by atoms with Gasteiger partial charge in [0, 0.05) is 17.3 Å². The highest BCUT2D eigenvalue weighted by atomic mass is 35.5. The minimum atomic E-state index is -0.555. The fourth-order valence-electron chi connectivity index (χ4n) is 2.14. The molecule has 8 heteroatoms. The molecule has 2 rings (SSSR count). The Balaban J connectivity index is 1.59. The minimum absolute atomic E-state index is 0.0148. The van der Waals surface area contributed by atoms with Crippen molar-refractivity contribution in [3.05, 3.63) is 64.7 Å². The van der Waals surface area contributed by atoms with Crippen LogP contribution in [0, 0.1) is 6.92 Å². The van der Waals surface area contributed by atoms with Crippen molar-refractivity contribution in [3.63, 3.8) is 0 Å². The quantitative estimate of drug-likeness (QED) is 0.608. The number of hydrogen-bond acceptors (Lipinski definition) is 5. The third-order valence-electron chi connectivity index (χ3n) is 3.59. The largest absolute Gasteiger partial charge is 0.455 e. The first-order chi connectivity index (χ1) is 13.4. The van der Waals surface area contributed by atoms with Crippen LogP contribution in [0.2, 0.25) is 5.02 Å². The van der Waals surface area contributed by atoms with Crippen molar-refractivity contribution in [2.24, 2.45) is 0 Å². The summed E-state index contributed by atoms with van der Waals surface area (Å²) in [5, 5.41) is 5.93. The summed E-state index contributed by atoms with van der Waals surface area (Å²) in [6, 6.07) is 14.6. The van der Waals surface area contributed by atoms with E-state index in [0.29, 0.717) is 10.7 Å². The molecule has 0 atom stereocenters. The van der Waals surface area contributed by atoms with E-state index in [1.807, 2.05) is 37.3 Å². The zero-order valence-corrected chi connectivity index (χ0v) is 16.9. The van der Waals surface area contributed by atoms with Gasteiger partial charge in [0.05, 0.1) is 11.5 Å². The highest BCUT2D eigenvalue weighted by molar-refractivity contribution is 8.00. The Morgan fingerprint density at radius 1 is 1.00 bits per heavy atom. The normalized spacial score (nSPS) is 10.2. The molecule has 2 aromatic carbocycles. The zero-order valence-electron chi connectivity index (χ0n) is 15.4. The number of rotatable bonds is 9. The van der Waals surface area contributed by atoms with Crippen molar-refractivity contribution < 1.29 is 19.1 Å². The predicted octanol–water partition coefficient (Wildman–Crippen LogP) is 3.18. The van der Waals surface area contributed by atoms with Gasteiger partial charge in [-0.1, -0.05) is 47.5 Å². The topological polar surface area (TPSA) is 84.5 Å². The standard InChI is InChI=1S/C20H21ClN2O4S/c1-14-6-8-16(9-7-14)23-19(25)12-28-13-20(26)27-11-18(24)22-10-15-4-2-3-5-17(15)21/h2-9H,10-13H2,1H3,(H,22,24)(H,23,25). The molecular formula is C20H21ClN2O4S. The first-order valence-electron chi connectivity index (χ1n) is 8.54. The van der Waals surface area contributed by atoms with Crippen LogP contribution in [0.15, 0.2) is 48.5 Å². The molecule has 2 amide bonds. The van der Waals surface area contributed by atoms with Gasteiger partial charge in [-0.2, -0.15) is 0 Å². The summed E-state index contributed by atoms with van der Waals surface area (Å²) in [4.78, 5) is 35.2. The summed E-state index contributed by atoms with van der Waals surface area (Å²) in [7, 11) is 0. The zero-order chi connectivity index (χ0) is 20.4. The van der Waals surface area contributed by atoms with Crippen LogP contribution in [-0.2, 0) is 25.7 Å². The number of carbonyl (C=O) groups is 3. The van der Waals surface area contributed by atoms with E-state index in [1.54, 1.807) is 18.2 Å². The lowest BCUT2D eigenvalue weighted by Gasteiger charge is -2.08. The number of benzene rings is 2. The van der Waals surface area contributed by atoms with Gasteiger partial charge in [0.1, 0.15) is 0 Å². The fourth-order valence-corrected chi connectivity index (χ4v) is 2.95. The second-order valence-electron chi connectivity index (χ2n) is 5.94. The number of thioether (sulfide) groups is 1. The molecule has 2 N–H and O–H groups in total. The number of anilines is 1. The Hall–Kier alpha value is -2.51. The first kappa shape index (κ1) is 21.8. The summed E-state index contributed by atoms with van der Waals surface area (Å²) in [6.07, 6.45) is 0. The van der Waals surface area contributed by atoms with Crippen LogP contribution in [0.25, 0.3) is 0 Å². The molecule has 28 heavy (non-hydrogen) atoms. The van der Waals surface area contributed by atoms with E-state index < -0.39 is 11.9 Å². The fraction of sp³-hybridized carbons (Fsp3) is 0.250. The van der Waals surface area contributed by atoms with Gasteiger partial charge in [0.25, 0.3) is 5.91 Å². The van der Waals surface area contributed by atoms with E-state index in [1.165, 1.54) is 0 Å². The lowest BCUT2D eigenvalue weighted by molar-refractivity contribution is -0.145. The van der Waals surface area contributed by atoms with Crippen LogP contribution in [0.3, 0.4) is 0 Å². The van der Waals surface area contributed by atoms with Crippen molar-refractivity contribution in [2.45, 2.75) is 13.5 Å². The summed E-state index contributed by atoms with van der Waals surface area (Å²) in [5.74, 6) is -1.09. The molecule has 0 aliphatic rings. The number of esters is 1. The van der Waals surface area contributed by atoms with Crippen LogP contribution < -0.4 is 10.6 Å². The maximum absolute atomic E-state index is 11.8. The highest BCUT2D eigenvalue weighted by Crippen LogP contribution is 2.14. The number of hydrogen-bond donors (Lipinski definition) is 2. The Bertz CT molecular complexity index is 827. The molecule has 0 heterocycles. The number of nitrogens with one attached hydrogen (secondary N) is 2. The third-order valence-corrected chi connectivity index (χ3v) is 4.86. The summed E-state index contributed by atoms with van der Waals surface area (Å²) in [6.45, 7) is 1.84. The molecule has 0 radical (unpaired) electrons. The molecule has 2 aromatic rings. The van der Waals surface area contributed by atoms with Gasteiger partial charge in [0.15, 0.2) is 6.61 Å². The monoisotopic (exact) mass is 420 g/mol. The van der Waals surface area contributed by atoms with E-state index in [-0.39, 0.29) is 30.6 Å². The van der Waals surface area contributed by atoms with Crippen LogP contribution in [0.5, 0.6) is 0 Å². The molecule has 0 aliphatic carbocycles. The Kier molecular flexibility index (Phi) is 8.84. The van der Waals surface area contributed by atoms with Gasteiger partial charge in [-0.05, 0) is 30.7 Å². The molecule has 0 saturated carbocycles. The minimum Gasteiger partial charge on any atom is -0.455 e. The molecule has 0 spiro atoms. The van der Waals surface area contributed by atoms with E-state index in [4.69, 9.17) is 16.3 Å². The molecule has 0 saturated heterocycles. The average molecular weight is 421 g/mol. The van der Waals surface area contributed by atoms with Crippen LogP contribution >= 0.6 is 23.4 Å². The molecule has 0 aliphatic heterocycles. The van der Waals surface area contributed by atoms with E-state index in [0.717, 1.165) is 22.9 Å². The van der Waals surface area contributed by atoms with E-state index in [2.05, 4.69) is 10.6 Å².